The first-order chi connectivity index (χ1) is 10.0. The van der Waals surface area contributed by atoms with E-state index in [1.807, 2.05) is 38.1 Å². The molecule has 0 aliphatic carbocycles. The molecular formula is C15H23N3O3. The Morgan fingerprint density at radius 1 is 1.29 bits per heavy atom. The number of carbonyl (C=O) groups is 2. The fourth-order valence-electron chi connectivity index (χ4n) is 1.40. The standard InChI is InChI=1S/C13H17N3O3.C2H6/c1-9(2)11-5-3-4-10(6-11)8-14-15-12(17)7-13(18)16-19;1-2/h3-6,8-9,19H,7H2,1-2H3,(H,15,17)(H,16,18);1-2H3/b14-8+;. The van der Waals surface area contributed by atoms with E-state index in [1.165, 1.54) is 17.3 Å². The summed E-state index contributed by atoms with van der Waals surface area (Å²) in [6, 6.07) is 7.77. The van der Waals surface area contributed by atoms with Crippen molar-refractivity contribution in [2.75, 3.05) is 0 Å². The molecule has 21 heavy (non-hydrogen) atoms. The molecule has 0 atom stereocenters. The summed E-state index contributed by atoms with van der Waals surface area (Å²) in [5, 5.41) is 12.0. The Labute approximate surface area is 125 Å². The maximum atomic E-state index is 11.2. The predicted octanol–water partition coefficient (Wildman–Crippen LogP) is 2.18. The van der Waals surface area contributed by atoms with Crippen molar-refractivity contribution < 1.29 is 14.8 Å². The van der Waals surface area contributed by atoms with E-state index in [2.05, 4.69) is 24.4 Å². The third-order valence-electron chi connectivity index (χ3n) is 2.43. The van der Waals surface area contributed by atoms with Crippen molar-refractivity contribution in [3.63, 3.8) is 0 Å². The average molecular weight is 293 g/mol. The number of rotatable bonds is 5. The fourth-order valence-corrected chi connectivity index (χ4v) is 1.40. The molecule has 0 aliphatic rings. The molecule has 116 valence electrons. The second-order valence-corrected chi connectivity index (χ2v) is 4.33. The lowest BCUT2D eigenvalue weighted by Gasteiger charge is -2.05. The van der Waals surface area contributed by atoms with Crippen LogP contribution in [0.1, 0.15) is 51.2 Å². The number of hydrogen-bond donors (Lipinski definition) is 3. The zero-order valence-electron chi connectivity index (χ0n) is 12.9. The van der Waals surface area contributed by atoms with Gasteiger partial charge in [-0.25, -0.2) is 10.9 Å². The summed E-state index contributed by atoms with van der Waals surface area (Å²) in [7, 11) is 0. The summed E-state index contributed by atoms with van der Waals surface area (Å²) in [6.45, 7) is 8.18. The summed E-state index contributed by atoms with van der Waals surface area (Å²) < 4.78 is 0. The number of amides is 2. The van der Waals surface area contributed by atoms with E-state index in [4.69, 9.17) is 5.21 Å². The molecule has 0 bridgehead atoms. The third kappa shape index (κ3) is 7.84. The molecule has 1 rings (SSSR count). The van der Waals surface area contributed by atoms with Crippen LogP contribution in [-0.2, 0) is 9.59 Å². The van der Waals surface area contributed by atoms with Gasteiger partial charge in [0.05, 0.1) is 6.21 Å². The lowest BCUT2D eigenvalue weighted by atomic mass is 10.0. The summed E-state index contributed by atoms with van der Waals surface area (Å²) >= 11 is 0. The van der Waals surface area contributed by atoms with Crippen LogP contribution in [0.3, 0.4) is 0 Å². The van der Waals surface area contributed by atoms with Gasteiger partial charge in [-0.05, 0) is 23.1 Å². The van der Waals surface area contributed by atoms with Crippen molar-refractivity contribution in [1.29, 1.82) is 0 Å². The number of hydrazone groups is 1. The minimum absolute atomic E-state index is 0.413. The molecule has 6 nitrogen and oxygen atoms in total. The minimum atomic E-state index is -0.783. The normalized spacial score (nSPS) is 10.0. The van der Waals surface area contributed by atoms with Gasteiger partial charge in [-0.3, -0.25) is 14.8 Å². The van der Waals surface area contributed by atoms with Crippen molar-refractivity contribution in [2.24, 2.45) is 5.10 Å². The van der Waals surface area contributed by atoms with Crippen LogP contribution < -0.4 is 10.9 Å². The van der Waals surface area contributed by atoms with E-state index in [0.717, 1.165) is 5.56 Å². The molecule has 0 radical (unpaired) electrons. The smallest absolute Gasteiger partial charge is 0.252 e. The molecule has 0 aromatic heterocycles. The van der Waals surface area contributed by atoms with Gasteiger partial charge in [-0.1, -0.05) is 45.9 Å². The molecule has 1 aromatic carbocycles. The molecule has 2 amide bonds. The van der Waals surface area contributed by atoms with Crippen molar-refractivity contribution in [1.82, 2.24) is 10.9 Å². The van der Waals surface area contributed by atoms with Crippen LogP contribution in [0, 0.1) is 0 Å². The van der Waals surface area contributed by atoms with Crippen LogP contribution in [0.15, 0.2) is 29.4 Å². The van der Waals surface area contributed by atoms with Gasteiger partial charge in [-0.15, -0.1) is 0 Å². The first-order valence-corrected chi connectivity index (χ1v) is 6.87. The Hall–Kier alpha value is -2.21. The lowest BCUT2D eigenvalue weighted by molar-refractivity contribution is -0.134. The number of nitrogens with one attached hydrogen (secondary N) is 2. The van der Waals surface area contributed by atoms with Gasteiger partial charge in [-0.2, -0.15) is 5.10 Å². The molecule has 0 saturated heterocycles. The average Bonchev–Trinajstić information content (AvgIpc) is 2.49. The Morgan fingerprint density at radius 2 is 1.95 bits per heavy atom. The van der Waals surface area contributed by atoms with Gasteiger partial charge in [0.1, 0.15) is 6.42 Å². The lowest BCUT2D eigenvalue weighted by Crippen LogP contribution is -2.27. The molecular weight excluding hydrogens is 270 g/mol. The monoisotopic (exact) mass is 293 g/mol. The van der Waals surface area contributed by atoms with Gasteiger partial charge in [0.25, 0.3) is 5.91 Å². The highest BCUT2D eigenvalue weighted by Crippen LogP contribution is 2.14. The van der Waals surface area contributed by atoms with Gasteiger partial charge >= 0.3 is 0 Å². The van der Waals surface area contributed by atoms with Crippen LogP contribution in [0.2, 0.25) is 0 Å². The van der Waals surface area contributed by atoms with Gasteiger partial charge in [0, 0.05) is 0 Å². The second-order valence-electron chi connectivity index (χ2n) is 4.33. The molecule has 0 aliphatic heterocycles. The summed E-state index contributed by atoms with van der Waals surface area (Å²) in [6.07, 6.45) is 1.03. The predicted molar refractivity (Wildman–Crippen MR) is 82.2 cm³/mol. The largest absolute Gasteiger partial charge is 0.289 e. The van der Waals surface area contributed by atoms with Gasteiger partial charge in [0.2, 0.25) is 5.91 Å². The number of hydroxylamine groups is 1. The Kier molecular flexibility index (Phi) is 9.45. The van der Waals surface area contributed by atoms with Crippen LogP contribution >= 0.6 is 0 Å². The first kappa shape index (κ1) is 18.8. The Bertz CT molecular complexity index is 485. The maximum absolute atomic E-state index is 11.2. The van der Waals surface area contributed by atoms with E-state index in [9.17, 15) is 9.59 Å². The molecule has 0 spiro atoms. The van der Waals surface area contributed by atoms with Crippen molar-refractivity contribution in [3.05, 3.63) is 35.4 Å². The summed E-state index contributed by atoms with van der Waals surface area (Å²) in [5.74, 6) is -0.964. The van der Waals surface area contributed by atoms with Crippen LogP contribution in [-0.4, -0.2) is 23.2 Å². The van der Waals surface area contributed by atoms with E-state index in [1.54, 1.807) is 0 Å². The molecule has 0 fully saturated rings. The summed E-state index contributed by atoms with van der Waals surface area (Å²) in [4.78, 5) is 21.9. The molecule has 0 heterocycles. The zero-order chi connectivity index (χ0) is 16.3. The minimum Gasteiger partial charge on any atom is -0.289 e. The Morgan fingerprint density at radius 3 is 2.52 bits per heavy atom. The zero-order valence-corrected chi connectivity index (χ0v) is 12.9. The van der Waals surface area contributed by atoms with E-state index < -0.39 is 18.2 Å². The van der Waals surface area contributed by atoms with E-state index in [0.29, 0.717) is 5.92 Å². The van der Waals surface area contributed by atoms with Crippen molar-refractivity contribution >= 4 is 18.0 Å². The van der Waals surface area contributed by atoms with Crippen molar-refractivity contribution in [2.45, 2.75) is 40.0 Å². The maximum Gasteiger partial charge on any atom is 0.252 e. The highest BCUT2D eigenvalue weighted by Gasteiger charge is 2.06. The second kappa shape index (κ2) is 10.6. The SMILES string of the molecule is CC.CC(C)c1cccc(/C=N/NC(=O)CC(=O)NO)c1. The van der Waals surface area contributed by atoms with Crippen molar-refractivity contribution in [3.8, 4) is 0 Å². The molecule has 3 N–H and O–H groups in total. The van der Waals surface area contributed by atoms with E-state index >= 15 is 0 Å². The molecule has 1 aromatic rings. The van der Waals surface area contributed by atoms with Crippen LogP contribution in [0.25, 0.3) is 0 Å². The number of hydrogen-bond acceptors (Lipinski definition) is 4. The first-order valence-electron chi connectivity index (χ1n) is 6.87. The number of benzene rings is 1. The molecule has 0 unspecified atom stereocenters. The molecule has 6 heteroatoms. The highest BCUT2D eigenvalue weighted by atomic mass is 16.5. The van der Waals surface area contributed by atoms with Crippen LogP contribution in [0.5, 0.6) is 0 Å². The fraction of sp³-hybridized carbons (Fsp3) is 0.400. The number of carbonyl (C=O) groups excluding carboxylic acids is 2. The topological polar surface area (TPSA) is 90.8 Å². The van der Waals surface area contributed by atoms with Crippen LogP contribution in [0.4, 0.5) is 0 Å². The quantitative estimate of drug-likeness (QED) is 0.336. The Balaban J connectivity index is 0.00000191. The van der Waals surface area contributed by atoms with Gasteiger partial charge < -0.3 is 0 Å². The van der Waals surface area contributed by atoms with Gasteiger partial charge in [0.15, 0.2) is 0 Å². The highest BCUT2D eigenvalue weighted by molar-refractivity contribution is 5.96. The number of nitrogens with zero attached hydrogens (tertiary/aromatic N) is 1. The molecule has 0 saturated carbocycles. The third-order valence-corrected chi connectivity index (χ3v) is 2.43. The summed E-state index contributed by atoms with van der Waals surface area (Å²) in [5.41, 5.74) is 5.61. The van der Waals surface area contributed by atoms with E-state index in [-0.39, 0.29) is 0 Å².